The Morgan fingerprint density at radius 3 is 2.63 bits per heavy atom. The molecule has 1 heterocycles. The largest absolute Gasteiger partial charge is 0.466 e. The summed E-state index contributed by atoms with van der Waals surface area (Å²) in [5.41, 5.74) is -0.514. The molecule has 2 rings (SSSR count). The highest BCUT2D eigenvalue weighted by atomic mass is 16.6. The zero-order chi connectivity index (χ0) is 14.3. The van der Waals surface area contributed by atoms with E-state index in [0.717, 1.165) is 12.8 Å². The van der Waals surface area contributed by atoms with Crippen LogP contribution in [0.2, 0.25) is 0 Å². The number of carbonyl (C=O) groups is 2. The van der Waals surface area contributed by atoms with Crippen molar-refractivity contribution < 1.29 is 19.1 Å². The Kier molecular flexibility index (Phi) is 3.49. The average Bonchev–Trinajstić information content (AvgIpc) is 2.77. The first kappa shape index (κ1) is 14.2. The molecule has 2 aliphatic rings. The molecule has 0 bridgehead atoms. The number of nitrogens with zero attached hydrogens (tertiary/aromatic N) is 1. The summed E-state index contributed by atoms with van der Waals surface area (Å²) < 4.78 is 10.4. The lowest BCUT2D eigenvalue weighted by molar-refractivity contribution is -0.145. The second-order valence-electron chi connectivity index (χ2n) is 6.52. The summed E-state index contributed by atoms with van der Waals surface area (Å²) in [5, 5.41) is 0. The SMILES string of the molecule is CCOC(=O)C1CC12CCN(C(=O)OC(C)(C)C)C2. The first-order valence-corrected chi connectivity index (χ1v) is 6.92. The fraction of sp³-hybridized carbons (Fsp3) is 0.857. The molecule has 1 spiro atoms. The molecule has 2 atom stereocenters. The van der Waals surface area contributed by atoms with Crippen LogP contribution in [0.1, 0.15) is 40.5 Å². The van der Waals surface area contributed by atoms with Gasteiger partial charge in [-0.1, -0.05) is 0 Å². The average molecular weight is 269 g/mol. The third kappa shape index (κ3) is 3.01. The van der Waals surface area contributed by atoms with Gasteiger partial charge in [-0.3, -0.25) is 4.79 Å². The van der Waals surface area contributed by atoms with E-state index in [4.69, 9.17) is 9.47 Å². The molecule has 5 heteroatoms. The van der Waals surface area contributed by atoms with E-state index >= 15 is 0 Å². The Labute approximate surface area is 114 Å². The number of likely N-dealkylation sites (tertiary alicyclic amines) is 1. The van der Waals surface area contributed by atoms with Crippen LogP contribution < -0.4 is 0 Å². The van der Waals surface area contributed by atoms with Crippen LogP contribution in [0.5, 0.6) is 0 Å². The standard InChI is InChI=1S/C14H23NO4/c1-5-18-11(16)10-8-14(10)6-7-15(9-14)12(17)19-13(2,3)4/h10H,5-9H2,1-4H3. The molecule has 1 saturated heterocycles. The summed E-state index contributed by atoms with van der Waals surface area (Å²) in [6, 6.07) is 0. The summed E-state index contributed by atoms with van der Waals surface area (Å²) in [6.45, 7) is 9.09. The maximum absolute atomic E-state index is 12.0. The minimum Gasteiger partial charge on any atom is -0.466 e. The minimum atomic E-state index is -0.475. The fourth-order valence-corrected chi connectivity index (χ4v) is 2.75. The van der Waals surface area contributed by atoms with E-state index in [1.54, 1.807) is 4.90 Å². The van der Waals surface area contributed by atoms with E-state index in [1.807, 2.05) is 27.7 Å². The molecule has 108 valence electrons. The number of hydrogen-bond donors (Lipinski definition) is 0. The molecule has 19 heavy (non-hydrogen) atoms. The molecule has 0 N–H and O–H groups in total. The van der Waals surface area contributed by atoms with Gasteiger partial charge >= 0.3 is 12.1 Å². The van der Waals surface area contributed by atoms with Gasteiger partial charge in [0.15, 0.2) is 0 Å². The lowest BCUT2D eigenvalue weighted by atomic mass is 10.0. The first-order valence-electron chi connectivity index (χ1n) is 6.92. The summed E-state index contributed by atoms with van der Waals surface area (Å²) in [4.78, 5) is 25.4. The third-order valence-corrected chi connectivity index (χ3v) is 3.80. The van der Waals surface area contributed by atoms with Gasteiger partial charge in [0.1, 0.15) is 5.60 Å². The predicted molar refractivity (Wildman–Crippen MR) is 69.6 cm³/mol. The van der Waals surface area contributed by atoms with Gasteiger partial charge in [0, 0.05) is 18.5 Å². The van der Waals surface area contributed by atoms with Gasteiger partial charge in [0.2, 0.25) is 0 Å². The molecule has 1 amide bonds. The highest BCUT2D eigenvalue weighted by Crippen LogP contribution is 2.59. The Balaban J connectivity index is 1.88. The van der Waals surface area contributed by atoms with Crippen LogP contribution in [0.3, 0.4) is 0 Å². The van der Waals surface area contributed by atoms with Gasteiger partial charge < -0.3 is 14.4 Å². The molecular weight excluding hydrogens is 246 g/mol. The van der Waals surface area contributed by atoms with Crippen molar-refractivity contribution in [3.8, 4) is 0 Å². The molecule has 1 aliphatic carbocycles. The van der Waals surface area contributed by atoms with Crippen LogP contribution in [0, 0.1) is 11.3 Å². The van der Waals surface area contributed by atoms with E-state index in [-0.39, 0.29) is 23.4 Å². The van der Waals surface area contributed by atoms with Crippen molar-refractivity contribution in [2.45, 2.75) is 46.1 Å². The Morgan fingerprint density at radius 1 is 1.37 bits per heavy atom. The van der Waals surface area contributed by atoms with E-state index in [2.05, 4.69) is 0 Å². The lowest BCUT2D eigenvalue weighted by Crippen LogP contribution is -2.35. The number of amides is 1. The molecular formula is C14H23NO4. The van der Waals surface area contributed by atoms with Crippen molar-refractivity contribution in [1.29, 1.82) is 0 Å². The number of ether oxygens (including phenoxy) is 2. The lowest BCUT2D eigenvalue weighted by Gasteiger charge is -2.24. The van der Waals surface area contributed by atoms with Crippen LogP contribution in [0.15, 0.2) is 0 Å². The minimum absolute atomic E-state index is 0.0279. The second-order valence-corrected chi connectivity index (χ2v) is 6.52. The monoisotopic (exact) mass is 269 g/mol. The van der Waals surface area contributed by atoms with Gasteiger partial charge in [0.05, 0.1) is 12.5 Å². The quantitative estimate of drug-likeness (QED) is 0.721. The fourth-order valence-electron chi connectivity index (χ4n) is 2.75. The first-order chi connectivity index (χ1) is 8.77. The van der Waals surface area contributed by atoms with Crippen LogP contribution in [0.25, 0.3) is 0 Å². The summed E-state index contributed by atoms with van der Waals surface area (Å²) in [5.74, 6) is -0.145. The van der Waals surface area contributed by atoms with E-state index < -0.39 is 5.60 Å². The highest BCUT2D eigenvalue weighted by Gasteiger charge is 2.62. The molecule has 0 aromatic heterocycles. The number of esters is 1. The molecule has 0 aromatic rings. The highest BCUT2D eigenvalue weighted by molar-refractivity contribution is 5.78. The van der Waals surface area contributed by atoms with E-state index in [1.165, 1.54) is 0 Å². The van der Waals surface area contributed by atoms with E-state index in [0.29, 0.717) is 19.7 Å². The van der Waals surface area contributed by atoms with Crippen LogP contribution >= 0.6 is 0 Å². The maximum Gasteiger partial charge on any atom is 0.410 e. The summed E-state index contributed by atoms with van der Waals surface area (Å²) >= 11 is 0. The zero-order valence-corrected chi connectivity index (χ0v) is 12.2. The third-order valence-electron chi connectivity index (χ3n) is 3.80. The Bertz CT molecular complexity index is 387. The van der Waals surface area contributed by atoms with Crippen LogP contribution in [0.4, 0.5) is 4.79 Å². The number of hydrogen-bond acceptors (Lipinski definition) is 4. The Hall–Kier alpha value is -1.26. The molecule has 1 saturated carbocycles. The maximum atomic E-state index is 12.0. The number of rotatable bonds is 2. The van der Waals surface area contributed by atoms with Crippen LogP contribution in [-0.4, -0.2) is 42.3 Å². The van der Waals surface area contributed by atoms with Gasteiger partial charge in [-0.05, 0) is 40.5 Å². The van der Waals surface area contributed by atoms with Crippen molar-refractivity contribution in [1.82, 2.24) is 4.90 Å². The van der Waals surface area contributed by atoms with Crippen LogP contribution in [-0.2, 0) is 14.3 Å². The van der Waals surface area contributed by atoms with Crippen molar-refractivity contribution in [3.05, 3.63) is 0 Å². The summed E-state index contributed by atoms with van der Waals surface area (Å²) in [7, 11) is 0. The summed E-state index contributed by atoms with van der Waals surface area (Å²) in [6.07, 6.45) is 1.43. The van der Waals surface area contributed by atoms with Crippen molar-refractivity contribution in [2.75, 3.05) is 19.7 Å². The van der Waals surface area contributed by atoms with Gasteiger partial charge in [0.25, 0.3) is 0 Å². The number of carbonyl (C=O) groups excluding carboxylic acids is 2. The Morgan fingerprint density at radius 2 is 2.05 bits per heavy atom. The second kappa shape index (κ2) is 4.69. The molecule has 0 aromatic carbocycles. The van der Waals surface area contributed by atoms with Gasteiger partial charge in [-0.25, -0.2) is 4.79 Å². The van der Waals surface area contributed by atoms with Gasteiger partial charge in [-0.2, -0.15) is 0 Å². The van der Waals surface area contributed by atoms with Gasteiger partial charge in [-0.15, -0.1) is 0 Å². The normalized spacial score (nSPS) is 29.5. The molecule has 2 unspecified atom stereocenters. The molecule has 1 aliphatic heterocycles. The van der Waals surface area contributed by atoms with Crippen molar-refractivity contribution in [3.63, 3.8) is 0 Å². The topological polar surface area (TPSA) is 55.8 Å². The molecule has 0 radical (unpaired) electrons. The van der Waals surface area contributed by atoms with Crippen molar-refractivity contribution in [2.24, 2.45) is 11.3 Å². The smallest absolute Gasteiger partial charge is 0.410 e. The zero-order valence-electron chi connectivity index (χ0n) is 12.2. The molecule has 5 nitrogen and oxygen atoms in total. The predicted octanol–water partition coefficient (Wildman–Crippen LogP) is 2.20. The van der Waals surface area contributed by atoms with E-state index in [9.17, 15) is 9.59 Å². The molecule has 2 fully saturated rings. The van der Waals surface area contributed by atoms with Crippen molar-refractivity contribution >= 4 is 12.1 Å².